The Morgan fingerprint density at radius 1 is 0.390 bits per heavy atom. The van der Waals surface area contributed by atoms with E-state index in [1.807, 2.05) is 12.1 Å². The number of hydrogen-bond donors (Lipinski definition) is 0. The average Bonchev–Trinajstić information content (AvgIpc) is 3.97. The second-order valence-electron chi connectivity index (χ2n) is 15.2. The molecule has 0 radical (unpaired) electrons. The predicted octanol–water partition coefficient (Wildman–Crippen LogP) is 14.5. The highest BCUT2D eigenvalue weighted by Crippen LogP contribution is 2.43. The van der Waals surface area contributed by atoms with Crippen LogP contribution in [-0.4, -0.2) is 19.5 Å². The Morgan fingerprint density at radius 2 is 1.05 bits per heavy atom. The lowest BCUT2D eigenvalue weighted by Gasteiger charge is -2.14. The van der Waals surface area contributed by atoms with Crippen molar-refractivity contribution in [3.8, 4) is 39.9 Å². The third-order valence-electron chi connectivity index (χ3n) is 11.8. The normalized spacial score (nSPS) is 12.1. The van der Waals surface area contributed by atoms with Gasteiger partial charge in [-0.25, -0.2) is 15.0 Å². The first-order valence-electron chi connectivity index (χ1n) is 19.8. The van der Waals surface area contributed by atoms with Gasteiger partial charge in [0, 0.05) is 53.0 Å². The van der Waals surface area contributed by atoms with E-state index >= 15 is 0 Å². The van der Waals surface area contributed by atoms with Gasteiger partial charge in [-0.1, -0.05) is 127 Å². The van der Waals surface area contributed by atoms with Crippen LogP contribution in [0.1, 0.15) is 0 Å². The van der Waals surface area contributed by atoms with Gasteiger partial charge in [0.25, 0.3) is 0 Å². The minimum atomic E-state index is 0.574. The predicted molar refractivity (Wildman–Crippen MR) is 246 cm³/mol. The molecule has 6 heteroatoms. The van der Waals surface area contributed by atoms with Gasteiger partial charge in [-0.3, -0.25) is 0 Å². The van der Waals surface area contributed by atoms with Crippen LogP contribution in [0.5, 0.6) is 0 Å². The summed E-state index contributed by atoms with van der Waals surface area (Å²) in [5.74, 6) is 1.81. The molecule has 4 heterocycles. The summed E-state index contributed by atoms with van der Waals surface area (Å²) in [6, 6.07) is 64.4. The maximum Gasteiger partial charge on any atom is 0.164 e. The fraction of sp³-hybridized carbons (Fsp3) is 0. The van der Waals surface area contributed by atoms with Crippen LogP contribution < -0.4 is 0 Å². The Labute approximate surface area is 341 Å². The van der Waals surface area contributed by atoms with Crippen LogP contribution >= 0.6 is 11.3 Å². The monoisotopic (exact) mass is 770 g/mol. The first kappa shape index (κ1) is 32.4. The Kier molecular flexibility index (Phi) is 6.82. The zero-order valence-corrected chi connectivity index (χ0v) is 32.2. The van der Waals surface area contributed by atoms with Crippen LogP contribution in [-0.2, 0) is 0 Å². The molecule has 0 spiro atoms. The molecular formula is C53H30N4OS. The second kappa shape index (κ2) is 12.4. The summed E-state index contributed by atoms with van der Waals surface area (Å²) in [5, 5.41) is 11.5. The van der Waals surface area contributed by atoms with Gasteiger partial charge >= 0.3 is 0 Å². The Hall–Kier alpha value is -7.67. The molecule has 5 nitrogen and oxygen atoms in total. The summed E-state index contributed by atoms with van der Waals surface area (Å²) in [5.41, 5.74) is 7.58. The van der Waals surface area contributed by atoms with Crippen molar-refractivity contribution < 1.29 is 4.42 Å². The summed E-state index contributed by atoms with van der Waals surface area (Å²) in [6.45, 7) is 0. The van der Waals surface area contributed by atoms with Crippen molar-refractivity contribution in [1.29, 1.82) is 0 Å². The summed E-state index contributed by atoms with van der Waals surface area (Å²) >= 11 is 1.79. The summed E-state index contributed by atoms with van der Waals surface area (Å²) in [7, 11) is 0. The molecular weight excluding hydrogens is 741 g/mol. The van der Waals surface area contributed by atoms with Crippen molar-refractivity contribution in [2.45, 2.75) is 0 Å². The molecule has 0 aliphatic heterocycles. The molecule has 0 N–H and O–H groups in total. The van der Waals surface area contributed by atoms with Crippen molar-refractivity contribution in [2.24, 2.45) is 0 Å². The highest BCUT2D eigenvalue weighted by atomic mass is 32.1. The molecule has 13 aromatic rings. The largest absolute Gasteiger partial charge is 0.456 e. The van der Waals surface area contributed by atoms with Crippen molar-refractivity contribution in [3.63, 3.8) is 0 Å². The number of para-hydroxylation sites is 2. The molecule has 0 saturated heterocycles. The molecule has 0 unspecified atom stereocenters. The molecule has 4 aromatic heterocycles. The molecule has 0 atom stereocenters. The molecule has 0 fully saturated rings. The van der Waals surface area contributed by atoms with E-state index in [9.17, 15) is 0 Å². The van der Waals surface area contributed by atoms with E-state index in [1.165, 1.54) is 41.7 Å². The van der Waals surface area contributed by atoms with E-state index < -0.39 is 0 Å². The van der Waals surface area contributed by atoms with E-state index in [0.717, 1.165) is 66.1 Å². The zero-order valence-electron chi connectivity index (χ0n) is 31.4. The summed E-state index contributed by atoms with van der Waals surface area (Å²) in [4.78, 5) is 16.0. The smallest absolute Gasteiger partial charge is 0.164 e. The van der Waals surface area contributed by atoms with Gasteiger partial charge in [-0.15, -0.1) is 11.3 Å². The van der Waals surface area contributed by atoms with E-state index in [0.29, 0.717) is 17.5 Å². The number of rotatable bonds is 4. The zero-order chi connectivity index (χ0) is 38.6. The number of hydrogen-bond acceptors (Lipinski definition) is 5. The van der Waals surface area contributed by atoms with Crippen LogP contribution in [0.4, 0.5) is 0 Å². The van der Waals surface area contributed by atoms with Gasteiger partial charge in [-0.05, 0) is 76.1 Å². The van der Waals surface area contributed by atoms with Crippen LogP contribution in [0.25, 0.3) is 125 Å². The minimum absolute atomic E-state index is 0.574. The van der Waals surface area contributed by atoms with E-state index in [2.05, 4.69) is 174 Å². The number of furan rings is 1. The molecule has 0 aliphatic carbocycles. The van der Waals surface area contributed by atoms with Crippen molar-refractivity contribution in [1.82, 2.24) is 19.5 Å². The topological polar surface area (TPSA) is 56.7 Å². The van der Waals surface area contributed by atoms with Gasteiger partial charge in [-0.2, -0.15) is 0 Å². The van der Waals surface area contributed by atoms with E-state index in [-0.39, 0.29) is 0 Å². The Morgan fingerprint density at radius 3 is 1.92 bits per heavy atom. The van der Waals surface area contributed by atoms with Gasteiger partial charge in [0.15, 0.2) is 17.5 Å². The number of thiophene rings is 1. The first-order chi connectivity index (χ1) is 29.2. The average molecular weight is 771 g/mol. The lowest BCUT2D eigenvalue weighted by molar-refractivity contribution is 0.669. The molecule has 0 amide bonds. The highest BCUT2D eigenvalue weighted by molar-refractivity contribution is 7.25. The maximum absolute atomic E-state index is 6.74. The molecule has 59 heavy (non-hydrogen) atoms. The Bertz CT molecular complexity index is 3870. The van der Waals surface area contributed by atoms with Crippen LogP contribution in [0.15, 0.2) is 186 Å². The van der Waals surface area contributed by atoms with Gasteiger partial charge in [0.05, 0.1) is 22.1 Å². The first-order valence-corrected chi connectivity index (χ1v) is 20.6. The fourth-order valence-electron chi connectivity index (χ4n) is 9.10. The van der Waals surface area contributed by atoms with Crippen molar-refractivity contribution >= 4 is 96.8 Å². The number of aromatic nitrogens is 4. The quantitative estimate of drug-likeness (QED) is 0.179. The molecule has 13 rings (SSSR count). The van der Waals surface area contributed by atoms with Crippen LogP contribution in [0.3, 0.4) is 0 Å². The van der Waals surface area contributed by atoms with Crippen molar-refractivity contribution in [3.05, 3.63) is 182 Å². The molecule has 9 aromatic carbocycles. The third kappa shape index (κ3) is 4.94. The van der Waals surface area contributed by atoms with Gasteiger partial charge in [0.2, 0.25) is 0 Å². The summed E-state index contributed by atoms with van der Waals surface area (Å²) < 4.78 is 11.6. The second-order valence-corrected chi connectivity index (χ2v) is 16.3. The Balaban J connectivity index is 1.13. The van der Waals surface area contributed by atoms with Gasteiger partial charge in [0.1, 0.15) is 11.2 Å². The third-order valence-corrected chi connectivity index (χ3v) is 12.9. The molecule has 274 valence electrons. The SMILES string of the molecule is c1ccc2cc(-c3nc(-c4cc(-n5c6ccccc6c6cc7ccccc7cc65)c5c(c4)oc4ccccc45)nc(-c4cccc5sc6ccccc6c45)n3)ccc2c1. The standard InChI is InChI=1S/C53H30N4OS/c1-2-13-32-26-35(25-24-31(32)12-1)51-54-52(56-53(55-51)40-19-11-23-48-49(40)39-18-7-10-22-47(39)59-48)36-29-44(50-38-17-6-9-21-45(38)58-46(50)30-36)57-42-20-8-5-16-37(42)41-27-33-14-3-4-15-34(33)28-43(41)57/h1-30H. The number of benzene rings is 9. The molecule has 0 saturated carbocycles. The molecule has 0 bridgehead atoms. The molecule has 0 aliphatic rings. The van der Waals surface area contributed by atoms with Crippen LogP contribution in [0, 0.1) is 0 Å². The van der Waals surface area contributed by atoms with E-state index in [4.69, 9.17) is 19.4 Å². The number of fused-ring (bicyclic) bond motifs is 11. The van der Waals surface area contributed by atoms with Gasteiger partial charge < -0.3 is 8.98 Å². The lowest BCUT2D eigenvalue weighted by atomic mass is 10.0. The van der Waals surface area contributed by atoms with Crippen LogP contribution in [0.2, 0.25) is 0 Å². The minimum Gasteiger partial charge on any atom is -0.456 e. The fourth-order valence-corrected chi connectivity index (χ4v) is 10.2. The summed E-state index contributed by atoms with van der Waals surface area (Å²) in [6.07, 6.45) is 0. The van der Waals surface area contributed by atoms with E-state index in [1.54, 1.807) is 11.3 Å². The number of nitrogens with zero attached hydrogens (tertiary/aromatic N) is 4. The maximum atomic E-state index is 6.74. The highest BCUT2D eigenvalue weighted by Gasteiger charge is 2.23. The lowest BCUT2D eigenvalue weighted by Crippen LogP contribution is -2.02. The van der Waals surface area contributed by atoms with Crippen molar-refractivity contribution in [2.75, 3.05) is 0 Å².